The number of rotatable bonds is 5. The van der Waals surface area contributed by atoms with Crippen LogP contribution in [-0.4, -0.2) is 23.9 Å². The minimum absolute atomic E-state index is 0.141. The summed E-state index contributed by atoms with van der Waals surface area (Å²) in [5, 5.41) is 11.1. The average molecular weight is 348 g/mol. The summed E-state index contributed by atoms with van der Waals surface area (Å²) in [4.78, 5) is 11.9. The van der Waals surface area contributed by atoms with Gasteiger partial charge in [-0.2, -0.15) is 10.2 Å². The Kier molecular flexibility index (Phi) is 6.75. The van der Waals surface area contributed by atoms with Crippen LogP contribution in [0.25, 0.3) is 0 Å². The molecule has 0 atom stereocenters. The predicted molar refractivity (Wildman–Crippen MR) is 102 cm³/mol. The third-order valence-corrected chi connectivity index (χ3v) is 3.45. The van der Waals surface area contributed by atoms with E-state index in [0.717, 1.165) is 5.56 Å². The first-order valence-electron chi connectivity index (χ1n) is 8.77. The highest BCUT2D eigenvalue weighted by Gasteiger charge is 2.21. The number of nitrogens with one attached hydrogen (secondary N) is 1. The molecule has 1 aromatic carbocycles. The number of hydrogen-bond donors (Lipinski definition) is 1. The van der Waals surface area contributed by atoms with E-state index in [4.69, 9.17) is 4.74 Å². The van der Waals surface area contributed by atoms with Crippen LogP contribution in [0.2, 0.25) is 0 Å². The molecule has 0 radical (unpaired) electrons. The number of alkyl carbamates (subject to hydrolysis) is 1. The number of amides is 1. The fourth-order valence-corrected chi connectivity index (χ4v) is 2.02. The topological polar surface area (TPSA) is 63.0 Å². The molecule has 1 amide bonds. The standard InChI is InChI=1S/C20H33N3O2/c1-18(2,3)16-11-9-15(10-12-16)13-14-25-17(24)21-20(7,8)23-22-19(4,5)6/h9-12H,13-14H2,1-8H3,(H,21,24). The van der Waals surface area contributed by atoms with Gasteiger partial charge in [-0.15, -0.1) is 0 Å². The van der Waals surface area contributed by atoms with Gasteiger partial charge in [0, 0.05) is 6.42 Å². The largest absolute Gasteiger partial charge is 0.449 e. The van der Waals surface area contributed by atoms with Gasteiger partial charge in [0.15, 0.2) is 0 Å². The van der Waals surface area contributed by atoms with Crippen LogP contribution >= 0.6 is 0 Å². The molecule has 1 aromatic rings. The summed E-state index contributed by atoms with van der Waals surface area (Å²) >= 11 is 0. The summed E-state index contributed by atoms with van der Waals surface area (Å²) in [5.41, 5.74) is 1.51. The number of nitrogens with zero attached hydrogens (tertiary/aromatic N) is 2. The predicted octanol–water partition coefficient (Wildman–Crippen LogP) is 5.24. The molecule has 0 aliphatic heterocycles. The van der Waals surface area contributed by atoms with E-state index in [-0.39, 0.29) is 11.0 Å². The van der Waals surface area contributed by atoms with Crippen LogP contribution in [0.1, 0.15) is 66.5 Å². The van der Waals surface area contributed by atoms with Gasteiger partial charge in [-0.05, 0) is 51.2 Å². The molecule has 1 N–H and O–H groups in total. The Morgan fingerprint density at radius 3 is 2.00 bits per heavy atom. The Hall–Kier alpha value is -1.91. The molecule has 0 spiro atoms. The summed E-state index contributed by atoms with van der Waals surface area (Å²) in [6.45, 7) is 16.3. The molecule has 5 heteroatoms. The van der Waals surface area contributed by atoms with Gasteiger partial charge in [0.1, 0.15) is 5.66 Å². The smallest absolute Gasteiger partial charge is 0.409 e. The zero-order valence-corrected chi connectivity index (χ0v) is 16.9. The van der Waals surface area contributed by atoms with E-state index in [1.54, 1.807) is 13.8 Å². The van der Waals surface area contributed by atoms with E-state index in [9.17, 15) is 4.79 Å². The maximum Gasteiger partial charge on any atom is 0.409 e. The van der Waals surface area contributed by atoms with Gasteiger partial charge in [0.25, 0.3) is 0 Å². The Bertz CT molecular complexity index is 591. The minimum Gasteiger partial charge on any atom is -0.449 e. The van der Waals surface area contributed by atoms with Crippen molar-refractivity contribution in [3.05, 3.63) is 35.4 Å². The first-order valence-corrected chi connectivity index (χ1v) is 8.77. The highest BCUT2D eigenvalue weighted by Crippen LogP contribution is 2.22. The molecule has 0 aliphatic carbocycles. The van der Waals surface area contributed by atoms with Gasteiger partial charge < -0.3 is 4.74 Å². The molecule has 0 aromatic heterocycles. The molecule has 1 rings (SSSR count). The van der Waals surface area contributed by atoms with Gasteiger partial charge in [-0.3, -0.25) is 5.32 Å². The van der Waals surface area contributed by atoms with E-state index in [1.165, 1.54) is 5.56 Å². The van der Waals surface area contributed by atoms with E-state index in [1.807, 2.05) is 20.8 Å². The highest BCUT2D eigenvalue weighted by molar-refractivity contribution is 5.68. The summed E-state index contributed by atoms with van der Waals surface area (Å²) in [5.74, 6) is 0. The first-order chi connectivity index (χ1) is 11.3. The minimum atomic E-state index is -0.793. The van der Waals surface area contributed by atoms with Crippen molar-refractivity contribution in [2.24, 2.45) is 10.2 Å². The van der Waals surface area contributed by atoms with Crippen LogP contribution in [-0.2, 0) is 16.6 Å². The second kappa shape index (κ2) is 7.98. The first kappa shape index (κ1) is 21.1. The van der Waals surface area contributed by atoms with Crippen molar-refractivity contribution < 1.29 is 9.53 Å². The summed E-state index contributed by atoms with van der Waals surface area (Å²) in [6, 6.07) is 8.43. The third-order valence-electron chi connectivity index (χ3n) is 3.45. The van der Waals surface area contributed by atoms with E-state index in [0.29, 0.717) is 13.0 Å². The monoisotopic (exact) mass is 347 g/mol. The van der Waals surface area contributed by atoms with Crippen LogP contribution in [0.15, 0.2) is 34.5 Å². The zero-order chi connectivity index (χ0) is 19.3. The van der Waals surface area contributed by atoms with Crippen LogP contribution in [0.5, 0.6) is 0 Å². The molecule has 0 saturated heterocycles. The molecule has 0 bridgehead atoms. The number of carbonyl (C=O) groups excluding carboxylic acids is 1. The molecular weight excluding hydrogens is 314 g/mol. The second-order valence-corrected chi connectivity index (χ2v) is 8.89. The number of benzene rings is 1. The molecule has 0 fully saturated rings. The van der Waals surface area contributed by atoms with Crippen molar-refractivity contribution in [2.45, 2.75) is 78.4 Å². The Labute approximate surface area is 152 Å². The third kappa shape index (κ3) is 8.66. The maximum atomic E-state index is 11.9. The van der Waals surface area contributed by atoms with Crippen LogP contribution in [0.3, 0.4) is 0 Å². The lowest BCUT2D eigenvalue weighted by molar-refractivity contribution is 0.136. The van der Waals surface area contributed by atoms with Crippen molar-refractivity contribution >= 4 is 6.09 Å². The molecule has 0 saturated carbocycles. The molecule has 0 unspecified atom stereocenters. The molecule has 0 aliphatic rings. The van der Waals surface area contributed by atoms with Crippen molar-refractivity contribution in [1.82, 2.24) is 5.32 Å². The van der Waals surface area contributed by atoms with Crippen molar-refractivity contribution in [3.63, 3.8) is 0 Å². The van der Waals surface area contributed by atoms with E-state index >= 15 is 0 Å². The fourth-order valence-electron chi connectivity index (χ4n) is 2.02. The SMILES string of the molecule is CC(C)(C)N=NC(C)(C)NC(=O)OCCc1ccc(C(C)(C)C)cc1. The van der Waals surface area contributed by atoms with Crippen LogP contribution in [0, 0.1) is 0 Å². The van der Waals surface area contributed by atoms with Crippen molar-refractivity contribution in [2.75, 3.05) is 6.61 Å². The summed E-state index contributed by atoms with van der Waals surface area (Å²) < 4.78 is 5.26. The highest BCUT2D eigenvalue weighted by atomic mass is 16.5. The Morgan fingerprint density at radius 2 is 1.52 bits per heavy atom. The number of carbonyl (C=O) groups is 1. The average Bonchev–Trinajstić information content (AvgIpc) is 2.44. The van der Waals surface area contributed by atoms with Gasteiger partial charge in [0.05, 0.1) is 12.1 Å². The van der Waals surface area contributed by atoms with Gasteiger partial charge >= 0.3 is 6.09 Å². The lowest BCUT2D eigenvalue weighted by atomic mass is 9.86. The summed E-state index contributed by atoms with van der Waals surface area (Å²) in [6.07, 6.45) is 0.200. The van der Waals surface area contributed by atoms with Crippen LogP contribution in [0.4, 0.5) is 4.79 Å². The number of azo groups is 1. The van der Waals surface area contributed by atoms with Crippen LogP contribution < -0.4 is 5.32 Å². The molecule has 140 valence electrons. The van der Waals surface area contributed by atoms with E-state index in [2.05, 4.69) is 60.6 Å². The molecule has 5 nitrogen and oxygen atoms in total. The molecular formula is C20H33N3O2. The molecule has 0 heterocycles. The lowest BCUT2D eigenvalue weighted by Gasteiger charge is -2.22. The Balaban J connectivity index is 2.46. The van der Waals surface area contributed by atoms with Crippen molar-refractivity contribution in [1.29, 1.82) is 0 Å². The maximum absolute atomic E-state index is 11.9. The quantitative estimate of drug-likeness (QED) is 0.740. The second-order valence-electron chi connectivity index (χ2n) is 8.89. The van der Waals surface area contributed by atoms with Gasteiger partial charge in [-0.25, -0.2) is 4.79 Å². The van der Waals surface area contributed by atoms with Crippen molar-refractivity contribution in [3.8, 4) is 0 Å². The van der Waals surface area contributed by atoms with Gasteiger partial charge in [-0.1, -0.05) is 45.0 Å². The zero-order valence-electron chi connectivity index (χ0n) is 16.9. The fraction of sp³-hybridized carbons (Fsp3) is 0.650. The normalized spacial score (nSPS) is 13.1. The number of hydrogen-bond acceptors (Lipinski definition) is 4. The Morgan fingerprint density at radius 1 is 0.960 bits per heavy atom. The number of ether oxygens (including phenoxy) is 1. The van der Waals surface area contributed by atoms with E-state index < -0.39 is 11.8 Å². The molecule has 25 heavy (non-hydrogen) atoms. The summed E-state index contributed by atoms with van der Waals surface area (Å²) in [7, 11) is 0. The van der Waals surface area contributed by atoms with Gasteiger partial charge in [0.2, 0.25) is 0 Å². The lowest BCUT2D eigenvalue weighted by Crippen LogP contribution is -2.42.